The summed E-state index contributed by atoms with van der Waals surface area (Å²) in [5.74, 6) is 0.467. The Morgan fingerprint density at radius 1 is 0.806 bits per heavy atom. The summed E-state index contributed by atoms with van der Waals surface area (Å²) in [6.07, 6.45) is 22.0. The van der Waals surface area contributed by atoms with Gasteiger partial charge in [0.05, 0.1) is 6.10 Å². The minimum atomic E-state index is -0.191. The largest absolute Gasteiger partial charge is 0.494 e. The van der Waals surface area contributed by atoms with Crippen LogP contribution in [0.25, 0.3) is 0 Å². The molecule has 0 bridgehead atoms. The molecular formula is C31H56N2O3. The second kappa shape index (κ2) is 13.6. The van der Waals surface area contributed by atoms with E-state index in [9.17, 15) is 10.2 Å². The molecule has 0 spiro atoms. The van der Waals surface area contributed by atoms with Crippen molar-refractivity contribution in [3.8, 4) is 11.8 Å². The maximum Gasteiger partial charge on any atom is 0.197 e. The molecule has 5 heteroatoms. The van der Waals surface area contributed by atoms with Crippen molar-refractivity contribution in [3.63, 3.8) is 0 Å². The first-order valence-corrected chi connectivity index (χ1v) is 15.2. The summed E-state index contributed by atoms with van der Waals surface area (Å²) in [7, 11) is 0. The first-order valence-electron chi connectivity index (χ1n) is 15.2. The monoisotopic (exact) mass is 504 g/mol. The van der Waals surface area contributed by atoms with E-state index < -0.39 is 0 Å². The van der Waals surface area contributed by atoms with E-state index >= 15 is 0 Å². The lowest BCUT2D eigenvalue weighted by molar-refractivity contribution is -0.313. The van der Waals surface area contributed by atoms with E-state index in [2.05, 4.69) is 39.7 Å². The number of piperidine rings is 1. The van der Waals surface area contributed by atoms with E-state index in [4.69, 9.17) is 4.84 Å². The van der Waals surface area contributed by atoms with Gasteiger partial charge in [-0.15, -0.1) is 0 Å². The Balaban J connectivity index is 1.52. The summed E-state index contributed by atoms with van der Waals surface area (Å²) in [5.41, 5.74) is 0.511. The summed E-state index contributed by atoms with van der Waals surface area (Å²) in [5, 5.41) is 24.2. The van der Waals surface area contributed by atoms with Crippen molar-refractivity contribution in [2.75, 3.05) is 0 Å². The number of aryl methyl sites for hydroxylation is 1. The minimum Gasteiger partial charge on any atom is -0.494 e. The van der Waals surface area contributed by atoms with E-state index in [-0.39, 0.29) is 28.9 Å². The van der Waals surface area contributed by atoms with Crippen LogP contribution in [-0.2, 0) is 11.3 Å². The SMILES string of the molecule is CCCCCCCCCCCCc1cc(O)n(C2CC(C)(C)N(OC3CCCCC3)C(C)(C)C2)c1O. The molecule has 5 nitrogen and oxygen atoms in total. The van der Waals surface area contributed by atoms with E-state index in [1.54, 1.807) is 10.6 Å². The molecule has 1 saturated carbocycles. The number of nitrogens with zero attached hydrogens (tertiary/aromatic N) is 2. The van der Waals surface area contributed by atoms with E-state index in [0.29, 0.717) is 6.10 Å². The zero-order chi connectivity index (χ0) is 26.2. The van der Waals surface area contributed by atoms with Gasteiger partial charge in [0.1, 0.15) is 0 Å². The van der Waals surface area contributed by atoms with Crippen LogP contribution in [0.2, 0.25) is 0 Å². The summed E-state index contributed by atoms with van der Waals surface area (Å²) in [6.45, 7) is 11.2. The summed E-state index contributed by atoms with van der Waals surface area (Å²) in [6, 6.07) is 1.84. The van der Waals surface area contributed by atoms with E-state index in [1.807, 2.05) is 0 Å². The van der Waals surface area contributed by atoms with Crippen LogP contribution in [0.1, 0.15) is 155 Å². The van der Waals surface area contributed by atoms with Gasteiger partial charge in [0, 0.05) is 28.7 Å². The van der Waals surface area contributed by atoms with Crippen molar-refractivity contribution in [2.45, 2.75) is 173 Å². The van der Waals surface area contributed by atoms with Crippen molar-refractivity contribution in [2.24, 2.45) is 0 Å². The average molecular weight is 505 g/mol. The zero-order valence-electron chi connectivity index (χ0n) is 24.2. The fourth-order valence-electron chi connectivity index (χ4n) is 6.90. The second-order valence-electron chi connectivity index (χ2n) is 13.0. The third-order valence-corrected chi connectivity index (χ3v) is 8.61. The lowest BCUT2D eigenvalue weighted by atomic mass is 9.78. The van der Waals surface area contributed by atoms with Gasteiger partial charge in [-0.25, -0.2) is 0 Å². The summed E-state index contributed by atoms with van der Waals surface area (Å²) in [4.78, 5) is 6.63. The Morgan fingerprint density at radius 2 is 1.33 bits per heavy atom. The van der Waals surface area contributed by atoms with Crippen LogP contribution in [0.5, 0.6) is 11.8 Å². The van der Waals surface area contributed by atoms with Crippen molar-refractivity contribution < 1.29 is 15.1 Å². The number of rotatable bonds is 14. The number of aromatic hydroxyl groups is 2. The highest BCUT2D eigenvalue weighted by Gasteiger charge is 2.48. The number of aromatic nitrogens is 1. The molecule has 1 aliphatic heterocycles. The van der Waals surface area contributed by atoms with Crippen LogP contribution in [0.15, 0.2) is 6.07 Å². The molecule has 1 aromatic heterocycles. The molecule has 0 aromatic carbocycles. The normalized spacial score (nSPS) is 21.2. The van der Waals surface area contributed by atoms with E-state index in [1.165, 1.54) is 77.0 Å². The Hall–Kier alpha value is -1.20. The number of hydroxylamine groups is 2. The van der Waals surface area contributed by atoms with Gasteiger partial charge in [-0.1, -0.05) is 84.0 Å². The van der Waals surface area contributed by atoms with Gasteiger partial charge in [-0.3, -0.25) is 9.40 Å². The molecule has 208 valence electrons. The van der Waals surface area contributed by atoms with Gasteiger partial charge in [-0.05, 0) is 66.2 Å². The fourth-order valence-corrected chi connectivity index (χ4v) is 6.90. The summed E-state index contributed by atoms with van der Waals surface area (Å²) >= 11 is 0. The molecular weight excluding hydrogens is 448 g/mol. The minimum absolute atomic E-state index is 0.0441. The third-order valence-electron chi connectivity index (χ3n) is 8.61. The highest BCUT2D eigenvalue weighted by atomic mass is 16.7. The molecule has 1 aliphatic carbocycles. The number of hydrogen-bond donors (Lipinski definition) is 2. The van der Waals surface area contributed by atoms with Crippen LogP contribution in [0, 0.1) is 0 Å². The van der Waals surface area contributed by atoms with Gasteiger partial charge in [0.2, 0.25) is 0 Å². The lowest BCUT2D eigenvalue weighted by Gasteiger charge is -2.55. The number of hydrogen-bond acceptors (Lipinski definition) is 4. The molecule has 2 heterocycles. The topological polar surface area (TPSA) is 57.9 Å². The second-order valence-corrected chi connectivity index (χ2v) is 13.0. The number of unbranched alkanes of at least 4 members (excludes halogenated alkanes) is 9. The quantitative estimate of drug-likeness (QED) is 0.248. The maximum absolute atomic E-state index is 11.1. The van der Waals surface area contributed by atoms with Gasteiger partial charge >= 0.3 is 0 Å². The predicted octanol–water partition coefficient (Wildman–Crippen LogP) is 8.82. The Bertz CT molecular complexity index is 761. The molecule has 1 aromatic rings. The third kappa shape index (κ3) is 7.90. The van der Waals surface area contributed by atoms with Gasteiger partial charge < -0.3 is 10.2 Å². The molecule has 3 rings (SSSR count). The van der Waals surface area contributed by atoms with Crippen LogP contribution in [-0.4, -0.2) is 37.0 Å². The van der Waals surface area contributed by atoms with Crippen LogP contribution in [0.3, 0.4) is 0 Å². The van der Waals surface area contributed by atoms with Crippen LogP contribution in [0.4, 0.5) is 0 Å². The molecule has 0 unspecified atom stereocenters. The molecule has 2 N–H and O–H groups in total. The van der Waals surface area contributed by atoms with Crippen LogP contribution < -0.4 is 0 Å². The lowest BCUT2D eigenvalue weighted by Crippen LogP contribution is -2.61. The predicted molar refractivity (Wildman–Crippen MR) is 150 cm³/mol. The smallest absolute Gasteiger partial charge is 0.197 e. The molecule has 0 radical (unpaired) electrons. The highest BCUT2D eigenvalue weighted by Crippen LogP contribution is 2.48. The average Bonchev–Trinajstić information content (AvgIpc) is 3.10. The van der Waals surface area contributed by atoms with Gasteiger partial charge in [0.15, 0.2) is 11.8 Å². The molecule has 2 fully saturated rings. The standard InChI is InChI=1S/C31H56N2O3/c1-6-7-8-9-10-11-12-13-14-16-19-25-22-28(34)32(29(25)35)26-23-30(2,3)33(31(4,5)24-26)36-27-20-17-15-18-21-27/h22,26-27,34-35H,6-21,23-24H2,1-5H3. The highest BCUT2D eigenvalue weighted by molar-refractivity contribution is 5.36. The van der Waals surface area contributed by atoms with E-state index in [0.717, 1.165) is 44.1 Å². The molecule has 36 heavy (non-hydrogen) atoms. The molecule has 0 amide bonds. The summed E-state index contributed by atoms with van der Waals surface area (Å²) < 4.78 is 1.80. The van der Waals surface area contributed by atoms with Crippen molar-refractivity contribution in [3.05, 3.63) is 11.6 Å². The first kappa shape index (κ1) is 29.4. The van der Waals surface area contributed by atoms with Crippen molar-refractivity contribution in [1.29, 1.82) is 0 Å². The zero-order valence-corrected chi connectivity index (χ0v) is 24.2. The molecule has 2 aliphatic rings. The van der Waals surface area contributed by atoms with Gasteiger partial charge in [0.25, 0.3) is 0 Å². The van der Waals surface area contributed by atoms with Crippen molar-refractivity contribution in [1.82, 2.24) is 9.63 Å². The molecule has 0 atom stereocenters. The Labute approximate surface area is 221 Å². The Morgan fingerprint density at radius 3 is 1.89 bits per heavy atom. The van der Waals surface area contributed by atoms with Gasteiger partial charge in [-0.2, -0.15) is 5.06 Å². The van der Waals surface area contributed by atoms with Crippen LogP contribution >= 0.6 is 0 Å². The molecule has 1 saturated heterocycles. The maximum atomic E-state index is 11.1. The first-order chi connectivity index (χ1) is 17.2. The fraction of sp³-hybridized carbons (Fsp3) is 0.871. The Kier molecular flexibility index (Phi) is 11.1. The van der Waals surface area contributed by atoms with Crippen molar-refractivity contribution >= 4 is 0 Å².